The molecule has 5 nitrogen and oxygen atoms in total. The molecule has 21 heavy (non-hydrogen) atoms. The third kappa shape index (κ3) is 3.31. The number of hydrogen-bond acceptors (Lipinski definition) is 3. The second-order valence-electron chi connectivity index (χ2n) is 5.57. The minimum absolute atomic E-state index is 0.285. The summed E-state index contributed by atoms with van der Waals surface area (Å²) >= 11 is 0. The number of aryl methyl sites for hydroxylation is 1. The van der Waals surface area contributed by atoms with Crippen LogP contribution in [0.1, 0.15) is 18.5 Å². The zero-order valence-electron chi connectivity index (χ0n) is 12.0. The molecule has 1 aromatic heterocycles. The summed E-state index contributed by atoms with van der Waals surface area (Å²) in [5, 5.41) is 16.2. The van der Waals surface area contributed by atoms with Crippen LogP contribution in [0.3, 0.4) is 0 Å². The van der Waals surface area contributed by atoms with Crippen LogP contribution in [-0.4, -0.2) is 28.8 Å². The van der Waals surface area contributed by atoms with Gasteiger partial charge < -0.3 is 15.7 Å². The van der Waals surface area contributed by atoms with Gasteiger partial charge in [-0.2, -0.15) is 0 Å². The van der Waals surface area contributed by atoms with Gasteiger partial charge in [0.15, 0.2) is 0 Å². The number of nitrogens with zero attached hydrogens (tertiary/aromatic N) is 1. The summed E-state index contributed by atoms with van der Waals surface area (Å²) in [5.41, 5.74) is 2.35. The van der Waals surface area contributed by atoms with Crippen LogP contribution < -0.4 is 10.6 Å². The number of rotatable bonds is 4. The van der Waals surface area contributed by atoms with E-state index in [4.69, 9.17) is 0 Å². The monoisotopic (exact) mass is 285 g/mol. The fourth-order valence-corrected chi connectivity index (χ4v) is 2.36. The van der Waals surface area contributed by atoms with Gasteiger partial charge in [0, 0.05) is 17.6 Å². The molecule has 2 aromatic rings. The molecule has 0 saturated heterocycles. The van der Waals surface area contributed by atoms with Crippen LogP contribution in [-0.2, 0) is 0 Å². The number of aromatic nitrogens is 1. The number of carbonyl (C=O) groups is 1. The van der Waals surface area contributed by atoms with E-state index < -0.39 is 6.10 Å². The van der Waals surface area contributed by atoms with E-state index in [0.717, 1.165) is 29.4 Å². The highest BCUT2D eigenvalue weighted by Gasteiger charge is 2.29. The number of hydrogen-bond donors (Lipinski definition) is 3. The summed E-state index contributed by atoms with van der Waals surface area (Å²) in [4.78, 5) is 16.4. The van der Waals surface area contributed by atoms with Gasteiger partial charge in [-0.15, -0.1) is 0 Å². The van der Waals surface area contributed by atoms with Gasteiger partial charge in [-0.25, -0.2) is 4.79 Å². The Morgan fingerprint density at radius 1 is 1.38 bits per heavy atom. The van der Waals surface area contributed by atoms with Crippen molar-refractivity contribution in [1.82, 2.24) is 10.3 Å². The molecule has 110 valence electrons. The lowest BCUT2D eigenvalue weighted by Crippen LogP contribution is -2.36. The minimum Gasteiger partial charge on any atom is -0.391 e. The predicted molar refractivity (Wildman–Crippen MR) is 82.2 cm³/mol. The molecule has 1 heterocycles. The maximum atomic E-state index is 11.9. The predicted octanol–water partition coefficient (Wildman–Crippen LogP) is 2.44. The number of aliphatic hydroxyl groups is 1. The van der Waals surface area contributed by atoms with Crippen molar-refractivity contribution < 1.29 is 9.90 Å². The second-order valence-corrected chi connectivity index (χ2v) is 5.57. The number of aliphatic hydroxyl groups excluding tert-OH is 1. The van der Waals surface area contributed by atoms with Crippen molar-refractivity contribution in [1.29, 1.82) is 0 Å². The molecule has 5 heteroatoms. The van der Waals surface area contributed by atoms with Crippen molar-refractivity contribution in [2.75, 3.05) is 11.9 Å². The SMILES string of the molecule is Cc1ccc2cccc(NC(=O)NC[C@H](O)C3CC3)c2n1. The lowest BCUT2D eigenvalue weighted by molar-refractivity contribution is 0.150. The first-order valence-corrected chi connectivity index (χ1v) is 7.23. The van der Waals surface area contributed by atoms with E-state index in [2.05, 4.69) is 15.6 Å². The number of benzene rings is 1. The molecule has 0 spiro atoms. The molecule has 0 unspecified atom stereocenters. The maximum Gasteiger partial charge on any atom is 0.319 e. The number of fused-ring (bicyclic) bond motifs is 1. The number of anilines is 1. The highest BCUT2D eigenvalue weighted by atomic mass is 16.3. The maximum absolute atomic E-state index is 11.9. The van der Waals surface area contributed by atoms with E-state index >= 15 is 0 Å². The Bertz CT molecular complexity index is 668. The molecule has 1 aliphatic carbocycles. The van der Waals surface area contributed by atoms with Crippen LogP contribution in [0.15, 0.2) is 30.3 Å². The van der Waals surface area contributed by atoms with Crippen molar-refractivity contribution in [2.45, 2.75) is 25.9 Å². The van der Waals surface area contributed by atoms with Gasteiger partial charge in [-0.1, -0.05) is 18.2 Å². The fourth-order valence-electron chi connectivity index (χ4n) is 2.36. The van der Waals surface area contributed by atoms with E-state index in [1.165, 1.54) is 0 Å². The smallest absolute Gasteiger partial charge is 0.319 e. The molecule has 0 radical (unpaired) electrons. The number of urea groups is 1. The van der Waals surface area contributed by atoms with Gasteiger partial charge in [-0.3, -0.25) is 4.98 Å². The number of pyridine rings is 1. The summed E-state index contributed by atoms with van der Waals surface area (Å²) in [7, 11) is 0. The number of carbonyl (C=O) groups excluding carboxylic acids is 1. The van der Waals surface area contributed by atoms with Crippen molar-refractivity contribution in [2.24, 2.45) is 5.92 Å². The molecule has 1 saturated carbocycles. The molecule has 1 aliphatic rings. The Labute approximate surface area is 123 Å². The van der Waals surface area contributed by atoms with Crippen molar-refractivity contribution in [3.63, 3.8) is 0 Å². The van der Waals surface area contributed by atoms with Crippen LogP contribution in [0.2, 0.25) is 0 Å². The first kappa shape index (κ1) is 13.8. The van der Waals surface area contributed by atoms with Gasteiger partial charge >= 0.3 is 6.03 Å². The molecular formula is C16H19N3O2. The van der Waals surface area contributed by atoms with Gasteiger partial charge in [-0.05, 0) is 37.8 Å². The normalized spacial score (nSPS) is 15.7. The molecule has 1 fully saturated rings. The highest BCUT2D eigenvalue weighted by Crippen LogP contribution is 2.32. The van der Waals surface area contributed by atoms with Crippen LogP contribution in [0.5, 0.6) is 0 Å². The van der Waals surface area contributed by atoms with Crippen molar-refractivity contribution in [3.8, 4) is 0 Å². The summed E-state index contributed by atoms with van der Waals surface area (Å²) in [6.07, 6.45) is 1.66. The average Bonchev–Trinajstić information content (AvgIpc) is 3.30. The molecule has 2 amide bonds. The molecule has 3 rings (SSSR count). The summed E-state index contributed by atoms with van der Waals surface area (Å²) in [6.45, 7) is 2.20. The Balaban J connectivity index is 1.69. The molecule has 0 bridgehead atoms. The lowest BCUT2D eigenvalue weighted by Gasteiger charge is -2.12. The quantitative estimate of drug-likeness (QED) is 0.807. The van der Waals surface area contributed by atoms with Crippen LogP contribution in [0, 0.1) is 12.8 Å². The molecule has 1 atom stereocenters. The number of nitrogens with one attached hydrogen (secondary N) is 2. The molecule has 1 aromatic carbocycles. The standard InChI is InChI=1S/C16H19N3O2/c1-10-5-6-12-3-2-4-13(15(12)18-10)19-16(21)17-9-14(20)11-7-8-11/h2-6,11,14,20H,7-9H2,1H3,(H2,17,19,21)/t14-/m0/s1. The van der Waals surface area contributed by atoms with Crippen molar-refractivity contribution >= 4 is 22.6 Å². The Morgan fingerprint density at radius 3 is 2.95 bits per heavy atom. The van der Waals surface area contributed by atoms with Crippen LogP contribution >= 0.6 is 0 Å². The summed E-state index contributed by atoms with van der Waals surface area (Å²) < 4.78 is 0. The summed E-state index contributed by atoms with van der Waals surface area (Å²) in [5.74, 6) is 0.354. The van der Waals surface area contributed by atoms with E-state index in [0.29, 0.717) is 11.6 Å². The second kappa shape index (κ2) is 5.69. The highest BCUT2D eigenvalue weighted by molar-refractivity contribution is 5.99. The van der Waals surface area contributed by atoms with Gasteiger partial charge in [0.1, 0.15) is 0 Å². The first-order chi connectivity index (χ1) is 10.1. The number of para-hydroxylation sites is 1. The zero-order chi connectivity index (χ0) is 14.8. The fraction of sp³-hybridized carbons (Fsp3) is 0.375. The largest absolute Gasteiger partial charge is 0.391 e. The van der Waals surface area contributed by atoms with Crippen LogP contribution in [0.4, 0.5) is 10.5 Å². The summed E-state index contributed by atoms with van der Waals surface area (Å²) in [6, 6.07) is 9.28. The van der Waals surface area contributed by atoms with Crippen LogP contribution in [0.25, 0.3) is 10.9 Å². The Kier molecular flexibility index (Phi) is 3.75. The van der Waals surface area contributed by atoms with Gasteiger partial charge in [0.25, 0.3) is 0 Å². The Morgan fingerprint density at radius 2 is 2.19 bits per heavy atom. The van der Waals surface area contributed by atoms with E-state index in [1.807, 2.05) is 37.3 Å². The third-order valence-electron chi connectivity index (χ3n) is 3.75. The molecular weight excluding hydrogens is 266 g/mol. The Hall–Kier alpha value is -2.14. The van der Waals surface area contributed by atoms with Gasteiger partial charge in [0.05, 0.1) is 17.3 Å². The molecule has 0 aliphatic heterocycles. The van der Waals surface area contributed by atoms with E-state index in [9.17, 15) is 9.90 Å². The number of amides is 2. The first-order valence-electron chi connectivity index (χ1n) is 7.23. The lowest BCUT2D eigenvalue weighted by atomic mass is 10.2. The minimum atomic E-state index is -0.441. The van der Waals surface area contributed by atoms with Crippen molar-refractivity contribution in [3.05, 3.63) is 36.0 Å². The zero-order valence-corrected chi connectivity index (χ0v) is 12.0. The molecule has 3 N–H and O–H groups in total. The topological polar surface area (TPSA) is 74.2 Å². The van der Waals surface area contributed by atoms with E-state index in [1.54, 1.807) is 0 Å². The third-order valence-corrected chi connectivity index (χ3v) is 3.75. The average molecular weight is 285 g/mol. The van der Waals surface area contributed by atoms with Gasteiger partial charge in [0.2, 0.25) is 0 Å². The van der Waals surface area contributed by atoms with E-state index in [-0.39, 0.29) is 12.6 Å².